The van der Waals surface area contributed by atoms with Gasteiger partial charge in [-0.3, -0.25) is 9.36 Å². The monoisotopic (exact) mass is 432 g/mol. The maximum Gasteiger partial charge on any atom is 0.273 e. The molecule has 26 heavy (non-hydrogen) atoms. The molecule has 2 N–H and O–H groups in total. The zero-order chi connectivity index (χ0) is 18.3. The SMILES string of the molecule is Cc1ccccc1Cn1c(N2CCC[C@@H](N)C2)nc2c(Br)csc2c1=O. The molecule has 1 saturated heterocycles. The van der Waals surface area contributed by atoms with E-state index >= 15 is 0 Å². The van der Waals surface area contributed by atoms with Gasteiger partial charge in [0.25, 0.3) is 5.56 Å². The normalized spacial score (nSPS) is 17.8. The van der Waals surface area contributed by atoms with Crippen molar-refractivity contribution >= 4 is 43.4 Å². The number of rotatable bonds is 3. The van der Waals surface area contributed by atoms with Gasteiger partial charge < -0.3 is 10.6 Å². The summed E-state index contributed by atoms with van der Waals surface area (Å²) in [4.78, 5) is 20.3. The quantitative estimate of drug-likeness (QED) is 0.687. The molecular formula is C19H21BrN4OS. The van der Waals surface area contributed by atoms with E-state index in [4.69, 9.17) is 10.7 Å². The molecule has 0 saturated carbocycles. The Morgan fingerprint density at radius 2 is 2.19 bits per heavy atom. The fourth-order valence-corrected chi connectivity index (χ4v) is 5.00. The maximum absolute atomic E-state index is 13.3. The number of benzene rings is 1. The average Bonchev–Trinajstić information content (AvgIpc) is 3.00. The van der Waals surface area contributed by atoms with Gasteiger partial charge in [0.1, 0.15) is 10.2 Å². The number of halogens is 1. The molecule has 0 aliphatic carbocycles. The van der Waals surface area contributed by atoms with Gasteiger partial charge in [-0.2, -0.15) is 0 Å². The minimum absolute atomic E-state index is 0.0168. The lowest BCUT2D eigenvalue weighted by atomic mass is 10.1. The van der Waals surface area contributed by atoms with Crippen LogP contribution in [0.4, 0.5) is 5.95 Å². The van der Waals surface area contributed by atoms with Crippen molar-refractivity contribution in [1.29, 1.82) is 0 Å². The first-order chi connectivity index (χ1) is 12.5. The summed E-state index contributed by atoms with van der Waals surface area (Å²) in [5.74, 6) is 0.722. The van der Waals surface area contributed by atoms with Crippen LogP contribution in [-0.2, 0) is 6.54 Å². The van der Waals surface area contributed by atoms with Crippen LogP contribution < -0.4 is 16.2 Å². The van der Waals surface area contributed by atoms with Crippen LogP contribution in [0.1, 0.15) is 24.0 Å². The molecular weight excluding hydrogens is 412 g/mol. The van der Waals surface area contributed by atoms with Crippen LogP contribution in [0.5, 0.6) is 0 Å². The summed E-state index contributed by atoms with van der Waals surface area (Å²) in [6.07, 6.45) is 2.03. The largest absolute Gasteiger partial charge is 0.341 e. The van der Waals surface area contributed by atoms with Gasteiger partial charge in [0.15, 0.2) is 0 Å². The standard InChI is InChI=1S/C19H21BrN4OS/c1-12-5-2-3-6-13(12)9-24-18(25)17-16(15(20)11-26-17)22-19(24)23-8-4-7-14(21)10-23/h2-3,5-6,11,14H,4,7-10,21H2,1H3/t14-/m1/s1. The molecule has 0 spiro atoms. The number of anilines is 1. The summed E-state index contributed by atoms with van der Waals surface area (Å²) in [5, 5.41) is 1.93. The van der Waals surface area contributed by atoms with Gasteiger partial charge in [0, 0.05) is 24.5 Å². The highest BCUT2D eigenvalue weighted by atomic mass is 79.9. The van der Waals surface area contributed by atoms with E-state index in [2.05, 4.69) is 39.9 Å². The minimum Gasteiger partial charge on any atom is -0.341 e. The molecule has 3 heterocycles. The van der Waals surface area contributed by atoms with Gasteiger partial charge >= 0.3 is 0 Å². The molecule has 0 bridgehead atoms. The van der Waals surface area contributed by atoms with Gasteiger partial charge in [0.05, 0.1) is 11.0 Å². The minimum atomic E-state index is 0.0168. The number of nitrogens with zero attached hydrogens (tertiary/aromatic N) is 3. The third-order valence-electron chi connectivity index (χ3n) is 4.94. The lowest BCUT2D eigenvalue weighted by molar-refractivity contribution is 0.492. The van der Waals surface area contributed by atoms with Crippen molar-refractivity contribution in [1.82, 2.24) is 9.55 Å². The van der Waals surface area contributed by atoms with Crippen molar-refractivity contribution < 1.29 is 0 Å². The molecule has 1 atom stereocenters. The summed E-state index contributed by atoms with van der Waals surface area (Å²) >= 11 is 4.97. The fraction of sp³-hybridized carbons (Fsp3) is 0.368. The third-order valence-corrected chi connectivity index (χ3v) is 6.81. The molecule has 136 valence electrons. The summed E-state index contributed by atoms with van der Waals surface area (Å²) in [6.45, 7) is 4.20. The molecule has 0 unspecified atom stereocenters. The number of aryl methyl sites for hydroxylation is 1. The number of nitrogens with two attached hydrogens (primary N) is 1. The first-order valence-corrected chi connectivity index (χ1v) is 10.4. The number of piperidine rings is 1. The van der Waals surface area contributed by atoms with Crippen LogP contribution in [0.2, 0.25) is 0 Å². The lowest BCUT2D eigenvalue weighted by Crippen LogP contribution is -2.45. The number of hydrogen-bond acceptors (Lipinski definition) is 5. The van der Waals surface area contributed by atoms with Gasteiger partial charge in [-0.25, -0.2) is 4.98 Å². The predicted molar refractivity (Wildman–Crippen MR) is 111 cm³/mol. The Labute approximate surface area is 164 Å². The van der Waals surface area contributed by atoms with E-state index in [9.17, 15) is 4.79 Å². The van der Waals surface area contributed by atoms with Gasteiger partial charge in [-0.1, -0.05) is 24.3 Å². The van der Waals surface area contributed by atoms with Crippen LogP contribution in [-0.4, -0.2) is 28.7 Å². The van der Waals surface area contributed by atoms with Gasteiger partial charge in [-0.15, -0.1) is 11.3 Å². The Kier molecular flexibility index (Phi) is 4.86. The van der Waals surface area contributed by atoms with E-state index in [0.29, 0.717) is 11.2 Å². The molecule has 1 aliphatic heterocycles. The van der Waals surface area contributed by atoms with E-state index in [1.165, 1.54) is 16.9 Å². The molecule has 0 radical (unpaired) electrons. The summed E-state index contributed by atoms with van der Waals surface area (Å²) in [7, 11) is 0. The average molecular weight is 433 g/mol. The van der Waals surface area contributed by atoms with Gasteiger partial charge in [0.2, 0.25) is 5.95 Å². The van der Waals surface area contributed by atoms with Gasteiger partial charge in [-0.05, 0) is 46.8 Å². The van der Waals surface area contributed by atoms with Crippen molar-refractivity contribution in [2.24, 2.45) is 5.73 Å². The number of aromatic nitrogens is 2. The van der Waals surface area contributed by atoms with Crippen LogP contribution in [0.3, 0.4) is 0 Å². The van der Waals surface area contributed by atoms with E-state index in [0.717, 1.165) is 47.4 Å². The molecule has 1 aliphatic rings. The molecule has 7 heteroatoms. The number of hydrogen-bond donors (Lipinski definition) is 1. The second-order valence-electron chi connectivity index (χ2n) is 6.84. The molecule has 4 rings (SSSR count). The van der Waals surface area contributed by atoms with Crippen molar-refractivity contribution in [2.45, 2.75) is 32.4 Å². The molecule has 1 fully saturated rings. The Morgan fingerprint density at radius 3 is 2.96 bits per heavy atom. The Bertz CT molecular complexity index is 1010. The first-order valence-electron chi connectivity index (χ1n) is 8.77. The third kappa shape index (κ3) is 3.19. The Morgan fingerprint density at radius 1 is 1.38 bits per heavy atom. The summed E-state index contributed by atoms with van der Waals surface area (Å²) in [5.41, 5.74) is 9.26. The molecule has 3 aromatic rings. The smallest absolute Gasteiger partial charge is 0.273 e. The Balaban J connectivity index is 1.88. The Hall–Kier alpha value is -1.70. The van der Waals surface area contributed by atoms with E-state index < -0.39 is 0 Å². The molecule has 2 aromatic heterocycles. The van der Waals surface area contributed by atoms with Crippen molar-refractivity contribution in [3.05, 3.63) is 55.6 Å². The highest BCUT2D eigenvalue weighted by Crippen LogP contribution is 2.29. The second-order valence-corrected chi connectivity index (χ2v) is 8.57. The maximum atomic E-state index is 13.3. The van der Waals surface area contributed by atoms with Crippen molar-refractivity contribution in [3.8, 4) is 0 Å². The summed E-state index contributed by atoms with van der Waals surface area (Å²) in [6, 6.07) is 8.29. The zero-order valence-corrected chi connectivity index (χ0v) is 17.0. The highest BCUT2D eigenvalue weighted by molar-refractivity contribution is 9.10. The van der Waals surface area contributed by atoms with Crippen LogP contribution in [0.15, 0.2) is 38.9 Å². The first kappa shape index (κ1) is 17.7. The van der Waals surface area contributed by atoms with Crippen LogP contribution in [0, 0.1) is 6.92 Å². The number of fused-ring (bicyclic) bond motifs is 1. The second kappa shape index (κ2) is 7.13. The molecule has 1 aromatic carbocycles. The topological polar surface area (TPSA) is 64.2 Å². The zero-order valence-electron chi connectivity index (χ0n) is 14.6. The fourth-order valence-electron chi connectivity index (χ4n) is 3.49. The van der Waals surface area contributed by atoms with Crippen LogP contribution >= 0.6 is 27.3 Å². The van der Waals surface area contributed by atoms with Crippen molar-refractivity contribution in [3.63, 3.8) is 0 Å². The predicted octanol–water partition coefficient (Wildman–Crippen LogP) is 3.50. The molecule has 5 nitrogen and oxygen atoms in total. The lowest BCUT2D eigenvalue weighted by Gasteiger charge is -2.33. The summed E-state index contributed by atoms with van der Waals surface area (Å²) < 4.78 is 3.38. The van der Waals surface area contributed by atoms with Crippen molar-refractivity contribution in [2.75, 3.05) is 18.0 Å². The van der Waals surface area contributed by atoms with E-state index in [1.54, 1.807) is 0 Å². The highest BCUT2D eigenvalue weighted by Gasteiger charge is 2.24. The molecule has 0 amide bonds. The van der Waals surface area contributed by atoms with Crippen LogP contribution in [0.25, 0.3) is 10.2 Å². The number of thiophene rings is 1. The van der Waals surface area contributed by atoms with E-state index in [-0.39, 0.29) is 11.6 Å². The van der Waals surface area contributed by atoms with E-state index in [1.807, 2.05) is 22.1 Å².